The van der Waals surface area contributed by atoms with E-state index in [9.17, 15) is 22.0 Å². The number of aliphatic imine (C=N–C) groups is 1. The predicted molar refractivity (Wildman–Crippen MR) is 182 cm³/mol. The zero-order chi connectivity index (χ0) is 35.6. The highest BCUT2D eigenvalue weighted by Crippen LogP contribution is 2.44. The van der Waals surface area contributed by atoms with Crippen LogP contribution >= 0.6 is 0 Å². The van der Waals surface area contributed by atoms with E-state index in [0.29, 0.717) is 41.0 Å². The molecule has 0 spiro atoms. The Kier molecular flexibility index (Phi) is 11.8. The number of aliphatic hydroxyl groups excluding tert-OH is 1. The van der Waals surface area contributed by atoms with Crippen molar-refractivity contribution in [1.82, 2.24) is 5.32 Å². The lowest BCUT2D eigenvalue weighted by Crippen LogP contribution is -2.50. The van der Waals surface area contributed by atoms with Gasteiger partial charge in [0.2, 0.25) is 5.90 Å². The number of halogens is 2. The summed E-state index contributed by atoms with van der Waals surface area (Å²) < 4.78 is 67.1. The Bertz CT molecular complexity index is 1970. The summed E-state index contributed by atoms with van der Waals surface area (Å²) in [5.74, 6) is -2.06. The molecule has 4 aromatic carbocycles. The summed E-state index contributed by atoms with van der Waals surface area (Å²) in [7, 11) is -3.91. The van der Waals surface area contributed by atoms with Crippen molar-refractivity contribution >= 4 is 21.6 Å². The summed E-state index contributed by atoms with van der Waals surface area (Å²) in [6.07, 6.45) is -0.948. The van der Waals surface area contributed by atoms with Gasteiger partial charge in [0, 0.05) is 42.5 Å². The molecule has 2 N–H and O–H groups in total. The number of sulfone groups is 1. The van der Waals surface area contributed by atoms with Gasteiger partial charge in [-0.05, 0) is 77.2 Å². The molecule has 11 nitrogen and oxygen atoms in total. The van der Waals surface area contributed by atoms with E-state index < -0.39 is 44.8 Å². The van der Waals surface area contributed by atoms with Crippen LogP contribution in [-0.4, -0.2) is 56.4 Å². The smallest absolute Gasteiger partial charge is 0.252 e. The van der Waals surface area contributed by atoms with E-state index in [1.807, 2.05) is 0 Å². The summed E-state index contributed by atoms with van der Waals surface area (Å²) >= 11 is 0. The standard InChI is InChI=1S/C36H35F2N5O6S/c37-28-21-25(22-29(38)23-28)15-17-40-35(45)36(16-20-50(46,47)31-8-2-1-3-9-31)33(32-10-5-4-7-27(32)24-41-43-39)49-34(42-36)26-11-13-30(14-12-26)48-19-6-18-44/h1-5,7-14,21-23,33,44H,6,15-20,24H2,(H,40,45)/t33-,36-/m1/s1. The highest BCUT2D eigenvalue weighted by Gasteiger charge is 2.54. The van der Waals surface area contributed by atoms with Gasteiger partial charge in [0.1, 0.15) is 17.4 Å². The lowest BCUT2D eigenvalue weighted by Gasteiger charge is -2.31. The Hall–Kier alpha value is -5.30. The average molecular weight is 704 g/mol. The molecule has 0 saturated carbocycles. The Labute approximate surface area is 288 Å². The molecule has 50 heavy (non-hydrogen) atoms. The van der Waals surface area contributed by atoms with Gasteiger partial charge in [-0.15, -0.1) is 0 Å². The molecule has 0 saturated heterocycles. The summed E-state index contributed by atoms with van der Waals surface area (Å²) in [6, 6.07) is 24.5. The third-order valence-corrected chi connectivity index (χ3v) is 9.88. The number of nitrogens with one attached hydrogen (secondary N) is 1. The Balaban J connectivity index is 1.57. The third-order valence-electron chi connectivity index (χ3n) is 8.15. The molecule has 1 aliphatic heterocycles. The monoisotopic (exact) mass is 703 g/mol. The van der Waals surface area contributed by atoms with Crippen LogP contribution < -0.4 is 10.1 Å². The number of ether oxygens (including phenoxy) is 2. The first kappa shape index (κ1) is 36.0. The van der Waals surface area contributed by atoms with E-state index in [2.05, 4.69) is 15.3 Å². The molecule has 0 bridgehead atoms. The van der Waals surface area contributed by atoms with Crippen LogP contribution in [0.15, 0.2) is 112 Å². The molecule has 4 aromatic rings. The van der Waals surface area contributed by atoms with Crippen molar-refractivity contribution in [2.75, 3.05) is 25.5 Å². The lowest BCUT2D eigenvalue weighted by molar-refractivity contribution is -0.129. The maximum Gasteiger partial charge on any atom is 0.252 e. The fourth-order valence-electron chi connectivity index (χ4n) is 5.65. The lowest BCUT2D eigenvalue weighted by atomic mass is 9.83. The summed E-state index contributed by atoms with van der Waals surface area (Å²) in [6.45, 7) is 0.160. The van der Waals surface area contributed by atoms with Gasteiger partial charge in [0.05, 0.1) is 23.8 Å². The molecule has 14 heteroatoms. The first-order valence-corrected chi connectivity index (χ1v) is 17.5. The summed E-state index contributed by atoms with van der Waals surface area (Å²) in [5.41, 5.74) is 9.01. The average Bonchev–Trinajstić information content (AvgIpc) is 3.51. The topological polar surface area (TPSA) is 163 Å². The van der Waals surface area contributed by atoms with Crippen molar-refractivity contribution in [3.05, 3.63) is 141 Å². The molecule has 5 rings (SSSR count). The molecule has 260 valence electrons. The van der Waals surface area contributed by atoms with Crippen molar-refractivity contribution in [2.24, 2.45) is 10.1 Å². The maximum atomic E-state index is 14.5. The Morgan fingerprint density at radius 2 is 1.72 bits per heavy atom. The van der Waals surface area contributed by atoms with E-state index in [1.54, 1.807) is 66.7 Å². The van der Waals surface area contributed by atoms with Crippen molar-refractivity contribution in [1.29, 1.82) is 0 Å². The number of carbonyl (C=O) groups is 1. The second-order valence-corrected chi connectivity index (χ2v) is 13.7. The molecular formula is C36H35F2N5O6S. The molecule has 1 heterocycles. The van der Waals surface area contributed by atoms with Crippen LogP contribution in [0, 0.1) is 11.6 Å². The minimum Gasteiger partial charge on any atom is -0.494 e. The van der Waals surface area contributed by atoms with Crippen molar-refractivity contribution < 1.29 is 36.6 Å². The zero-order valence-electron chi connectivity index (χ0n) is 26.9. The highest BCUT2D eigenvalue weighted by molar-refractivity contribution is 7.91. The van der Waals surface area contributed by atoms with Gasteiger partial charge in [0.15, 0.2) is 21.5 Å². The van der Waals surface area contributed by atoms with Crippen LogP contribution in [0.4, 0.5) is 8.78 Å². The van der Waals surface area contributed by atoms with Gasteiger partial charge in [-0.2, -0.15) is 0 Å². The molecule has 0 fully saturated rings. The minimum absolute atomic E-state index is 0.0193. The van der Waals surface area contributed by atoms with Gasteiger partial charge in [-0.1, -0.05) is 47.6 Å². The van der Waals surface area contributed by atoms with Gasteiger partial charge < -0.3 is 19.9 Å². The van der Waals surface area contributed by atoms with Crippen LogP contribution in [0.25, 0.3) is 10.4 Å². The van der Waals surface area contributed by atoms with Gasteiger partial charge in [-0.25, -0.2) is 22.2 Å². The molecule has 1 amide bonds. The summed E-state index contributed by atoms with van der Waals surface area (Å²) in [4.78, 5) is 22.3. The number of benzene rings is 4. The number of azide groups is 1. The fraction of sp³-hybridized carbons (Fsp3) is 0.278. The number of amides is 1. The highest BCUT2D eigenvalue weighted by atomic mass is 32.2. The number of aliphatic hydroxyl groups is 1. The number of nitrogens with zero attached hydrogens (tertiary/aromatic N) is 4. The van der Waals surface area contributed by atoms with E-state index in [-0.39, 0.29) is 43.3 Å². The minimum atomic E-state index is -3.91. The Morgan fingerprint density at radius 3 is 2.42 bits per heavy atom. The molecule has 1 aliphatic rings. The van der Waals surface area contributed by atoms with Crippen LogP contribution in [0.3, 0.4) is 0 Å². The van der Waals surface area contributed by atoms with Crippen LogP contribution in [-0.2, 0) is 32.3 Å². The largest absolute Gasteiger partial charge is 0.494 e. The molecule has 0 unspecified atom stereocenters. The second-order valence-electron chi connectivity index (χ2n) is 11.5. The van der Waals surface area contributed by atoms with E-state index >= 15 is 0 Å². The zero-order valence-corrected chi connectivity index (χ0v) is 27.7. The second kappa shape index (κ2) is 16.4. The van der Waals surface area contributed by atoms with Crippen LogP contribution in [0.1, 0.15) is 41.2 Å². The van der Waals surface area contributed by atoms with Crippen LogP contribution in [0.2, 0.25) is 0 Å². The van der Waals surface area contributed by atoms with Crippen molar-refractivity contribution in [3.8, 4) is 5.75 Å². The SMILES string of the molecule is [N-]=[N+]=NCc1ccccc1[C@H]1OC(c2ccc(OCCCO)cc2)=N[C@@]1(CCS(=O)(=O)c1ccccc1)C(=O)NCCc1cc(F)cc(F)c1. The molecular weight excluding hydrogens is 668 g/mol. The molecule has 0 aliphatic carbocycles. The number of hydrogen-bond acceptors (Lipinski definition) is 8. The van der Waals surface area contributed by atoms with E-state index in [4.69, 9.17) is 25.1 Å². The number of carbonyl (C=O) groups excluding carboxylic acids is 1. The maximum absolute atomic E-state index is 14.5. The normalized spacial score (nSPS) is 16.9. The molecule has 2 atom stereocenters. The Morgan fingerprint density at radius 1 is 1.02 bits per heavy atom. The fourth-order valence-corrected chi connectivity index (χ4v) is 7.04. The van der Waals surface area contributed by atoms with E-state index in [1.165, 1.54) is 24.3 Å². The first-order valence-electron chi connectivity index (χ1n) is 15.9. The van der Waals surface area contributed by atoms with Crippen LogP contribution in [0.5, 0.6) is 5.75 Å². The molecule has 0 radical (unpaired) electrons. The van der Waals surface area contributed by atoms with Gasteiger partial charge >= 0.3 is 0 Å². The first-order chi connectivity index (χ1) is 24.1. The van der Waals surface area contributed by atoms with Gasteiger partial charge in [0.25, 0.3) is 5.91 Å². The van der Waals surface area contributed by atoms with Gasteiger partial charge in [-0.3, -0.25) is 4.79 Å². The van der Waals surface area contributed by atoms with Crippen molar-refractivity contribution in [2.45, 2.75) is 42.3 Å². The molecule has 0 aromatic heterocycles. The van der Waals surface area contributed by atoms with Crippen molar-refractivity contribution in [3.63, 3.8) is 0 Å². The number of rotatable bonds is 16. The number of hydrogen-bond donors (Lipinski definition) is 2. The quantitative estimate of drug-likeness (QED) is 0.0628. The predicted octanol–water partition coefficient (Wildman–Crippen LogP) is 6.02. The van der Waals surface area contributed by atoms with E-state index in [0.717, 1.165) is 6.07 Å². The summed E-state index contributed by atoms with van der Waals surface area (Å²) in [5, 5.41) is 15.6. The third kappa shape index (κ3) is 8.64.